The molecule has 1 N–H and O–H groups in total. The molecule has 0 saturated heterocycles. The average Bonchev–Trinajstić information content (AvgIpc) is 2.38. The van der Waals surface area contributed by atoms with Gasteiger partial charge in [0.05, 0.1) is 6.61 Å². The molecule has 0 heterocycles. The summed E-state index contributed by atoms with van der Waals surface area (Å²) in [5.74, 6) is -0.207. The first-order valence-electron chi connectivity index (χ1n) is 5.89. The first-order valence-corrected chi connectivity index (χ1v) is 5.89. The highest BCUT2D eigenvalue weighted by Gasteiger charge is 1.99. The van der Waals surface area contributed by atoms with Crippen LogP contribution < -0.4 is 5.48 Å². The third-order valence-electron chi connectivity index (χ3n) is 2.75. The van der Waals surface area contributed by atoms with E-state index in [1.54, 1.807) is 6.07 Å². The van der Waals surface area contributed by atoms with Gasteiger partial charge in [0.1, 0.15) is 5.82 Å². The van der Waals surface area contributed by atoms with E-state index in [4.69, 9.17) is 4.84 Å². The van der Waals surface area contributed by atoms with Crippen LogP contribution in [-0.4, -0.2) is 0 Å². The summed E-state index contributed by atoms with van der Waals surface area (Å²) in [6.07, 6.45) is 0. The van der Waals surface area contributed by atoms with Gasteiger partial charge in [-0.1, -0.05) is 36.4 Å². The highest BCUT2D eigenvalue weighted by Crippen LogP contribution is 2.09. The summed E-state index contributed by atoms with van der Waals surface area (Å²) in [6.45, 7) is 2.97. The van der Waals surface area contributed by atoms with Gasteiger partial charge in [0, 0.05) is 6.54 Å². The van der Waals surface area contributed by atoms with Crippen LogP contribution >= 0.6 is 0 Å². The molecule has 0 fully saturated rings. The number of aryl methyl sites for hydroxylation is 1. The van der Waals surface area contributed by atoms with E-state index in [1.165, 1.54) is 12.1 Å². The smallest absolute Gasteiger partial charge is 0.123 e. The highest BCUT2D eigenvalue weighted by molar-refractivity contribution is 5.26. The topological polar surface area (TPSA) is 21.3 Å². The van der Waals surface area contributed by atoms with E-state index < -0.39 is 0 Å². The molecular formula is C15H16FNO. The molecule has 0 amide bonds. The van der Waals surface area contributed by atoms with Gasteiger partial charge in [-0.25, -0.2) is 4.39 Å². The summed E-state index contributed by atoms with van der Waals surface area (Å²) in [5, 5.41) is 0. The zero-order valence-corrected chi connectivity index (χ0v) is 10.3. The van der Waals surface area contributed by atoms with Crippen molar-refractivity contribution in [1.82, 2.24) is 5.48 Å². The second-order valence-electron chi connectivity index (χ2n) is 4.17. The molecule has 0 bridgehead atoms. The zero-order chi connectivity index (χ0) is 12.8. The number of hydroxylamine groups is 1. The van der Waals surface area contributed by atoms with Crippen molar-refractivity contribution in [3.05, 3.63) is 71.0 Å². The monoisotopic (exact) mass is 245 g/mol. The maximum absolute atomic E-state index is 12.9. The molecule has 2 aromatic carbocycles. The Bertz CT molecular complexity index is 499. The molecule has 0 spiro atoms. The normalized spacial score (nSPS) is 10.6. The van der Waals surface area contributed by atoms with E-state index in [0.717, 1.165) is 16.7 Å². The third kappa shape index (κ3) is 3.65. The molecule has 0 aromatic heterocycles. The molecule has 2 nitrogen and oxygen atoms in total. The van der Waals surface area contributed by atoms with Crippen molar-refractivity contribution >= 4 is 0 Å². The lowest BCUT2D eigenvalue weighted by Crippen LogP contribution is -2.14. The van der Waals surface area contributed by atoms with Gasteiger partial charge in [0.15, 0.2) is 0 Å². The zero-order valence-electron chi connectivity index (χ0n) is 10.3. The number of rotatable bonds is 5. The maximum atomic E-state index is 12.9. The molecule has 0 atom stereocenters. The van der Waals surface area contributed by atoms with Gasteiger partial charge in [-0.05, 0) is 35.7 Å². The van der Waals surface area contributed by atoms with Gasteiger partial charge in [0.2, 0.25) is 0 Å². The second-order valence-corrected chi connectivity index (χ2v) is 4.17. The lowest BCUT2D eigenvalue weighted by atomic mass is 10.1. The molecule has 2 rings (SSSR count). The molecule has 0 aliphatic carbocycles. The van der Waals surface area contributed by atoms with Gasteiger partial charge in [-0.15, -0.1) is 0 Å². The van der Waals surface area contributed by atoms with Gasteiger partial charge in [-0.2, -0.15) is 5.48 Å². The Hall–Kier alpha value is -1.71. The summed E-state index contributed by atoms with van der Waals surface area (Å²) in [7, 11) is 0. The van der Waals surface area contributed by atoms with E-state index in [1.807, 2.05) is 37.3 Å². The molecule has 0 aliphatic rings. The van der Waals surface area contributed by atoms with Crippen LogP contribution in [0.15, 0.2) is 48.5 Å². The van der Waals surface area contributed by atoms with Crippen LogP contribution in [0.2, 0.25) is 0 Å². The SMILES string of the molecule is Cc1cc(F)ccc1CNOCc1ccccc1. The summed E-state index contributed by atoms with van der Waals surface area (Å²) in [5.41, 5.74) is 5.95. The summed E-state index contributed by atoms with van der Waals surface area (Å²) in [4.78, 5) is 5.37. The van der Waals surface area contributed by atoms with Crippen LogP contribution in [0.1, 0.15) is 16.7 Å². The molecule has 3 heteroatoms. The first-order chi connectivity index (χ1) is 8.75. The van der Waals surface area contributed by atoms with Gasteiger partial charge >= 0.3 is 0 Å². The Morgan fingerprint density at radius 3 is 2.61 bits per heavy atom. The van der Waals surface area contributed by atoms with Gasteiger partial charge < -0.3 is 0 Å². The number of nitrogens with one attached hydrogen (secondary N) is 1. The highest BCUT2D eigenvalue weighted by atomic mass is 19.1. The lowest BCUT2D eigenvalue weighted by molar-refractivity contribution is 0.0234. The predicted octanol–water partition coefficient (Wildman–Crippen LogP) is 3.36. The van der Waals surface area contributed by atoms with Gasteiger partial charge in [-0.3, -0.25) is 4.84 Å². The number of hydrogen-bond donors (Lipinski definition) is 1. The van der Waals surface area contributed by atoms with Crippen LogP contribution in [0.4, 0.5) is 4.39 Å². The van der Waals surface area contributed by atoms with Crippen LogP contribution in [0, 0.1) is 12.7 Å². The van der Waals surface area contributed by atoms with Crippen molar-refractivity contribution in [2.75, 3.05) is 0 Å². The number of benzene rings is 2. The Morgan fingerprint density at radius 1 is 1.11 bits per heavy atom. The molecule has 0 unspecified atom stereocenters. The van der Waals surface area contributed by atoms with E-state index in [2.05, 4.69) is 5.48 Å². The Balaban J connectivity index is 1.79. The molecule has 18 heavy (non-hydrogen) atoms. The van der Waals surface area contributed by atoms with E-state index in [9.17, 15) is 4.39 Å². The fourth-order valence-corrected chi connectivity index (χ4v) is 1.70. The lowest BCUT2D eigenvalue weighted by Gasteiger charge is -2.08. The molecular weight excluding hydrogens is 229 g/mol. The van der Waals surface area contributed by atoms with E-state index in [0.29, 0.717) is 13.2 Å². The fourth-order valence-electron chi connectivity index (χ4n) is 1.70. The van der Waals surface area contributed by atoms with E-state index >= 15 is 0 Å². The minimum absolute atomic E-state index is 0.207. The van der Waals surface area contributed by atoms with Crippen molar-refractivity contribution < 1.29 is 9.23 Å². The maximum Gasteiger partial charge on any atom is 0.123 e. The molecule has 0 radical (unpaired) electrons. The molecule has 2 aromatic rings. The number of halogens is 1. The van der Waals surface area contributed by atoms with Crippen molar-refractivity contribution in [1.29, 1.82) is 0 Å². The molecule has 94 valence electrons. The minimum Gasteiger partial charge on any atom is -0.297 e. The van der Waals surface area contributed by atoms with Crippen LogP contribution in [0.25, 0.3) is 0 Å². The molecule has 0 aliphatic heterocycles. The summed E-state index contributed by atoms with van der Waals surface area (Å²) >= 11 is 0. The minimum atomic E-state index is -0.207. The predicted molar refractivity (Wildman–Crippen MR) is 69.2 cm³/mol. The second kappa shape index (κ2) is 6.28. The quantitative estimate of drug-likeness (QED) is 0.644. The average molecular weight is 245 g/mol. The van der Waals surface area contributed by atoms with E-state index in [-0.39, 0.29) is 5.82 Å². The van der Waals surface area contributed by atoms with Crippen molar-refractivity contribution in [2.45, 2.75) is 20.1 Å². The Kier molecular flexibility index (Phi) is 4.45. The molecule has 0 saturated carbocycles. The van der Waals surface area contributed by atoms with Crippen LogP contribution in [0.3, 0.4) is 0 Å². The largest absolute Gasteiger partial charge is 0.297 e. The third-order valence-corrected chi connectivity index (χ3v) is 2.75. The van der Waals surface area contributed by atoms with Crippen molar-refractivity contribution in [2.24, 2.45) is 0 Å². The summed E-state index contributed by atoms with van der Waals surface area (Å²) < 4.78 is 12.9. The number of hydrogen-bond acceptors (Lipinski definition) is 2. The van der Waals surface area contributed by atoms with Crippen LogP contribution in [0.5, 0.6) is 0 Å². The first kappa shape index (κ1) is 12.7. The van der Waals surface area contributed by atoms with Crippen molar-refractivity contribution in [3.8, 4) is 0 Å². The Labute approximate surface area is 106 Å². The standard InChI is InChI=1S/C15H16FNO/c1-12-9-15(16)8-7-14(12)10-17-18-11-13-5-3-2-4-6-13/h2-9,17H,10-11H2,1H3. The van der Waals surface area contributed by atoms with Gasteiger partial charge in [0.25, 0.3) is 0 Å². The van der Waals surface area contributed by atoms with Crippen molar-refractivity contribution in [3.63, 3.8) is 0 Å². The van der Waals surface area contributed by atoms with Crippen LogP contribution in [-0.2, 0) is 18.0 Å². The Morgan fingerprint density at radius 2 is 1.89 bits per heavy atom. The summed E-state index contributed by atoms with van der Waals surface area (Å²) in [6, 6.07) is 14.7. The fraction of sp³-hybridized carbons (Fsp3) is 0.200.